The first kappa shape index (κ1) is 11.4. The molecule has 0 aliphatic carbocycles. The number of hydrogen-bond acceptors (Lipinski definition) is 3. The lowest BCUT2D eigenvalue weighted by Crippen LogP contribution is -2.32. The van der Waals surface area contributed by atoms with E-state index in [9.17, 15) is 0 Å². The van der Waals surface area contributed by atoms with E-state index in [1.807, 2.05) is 38.1 Å². The van der Waals surface area contributed by atoms with Crippen LogP contribution >= 0.6 is 11.6 Å². The number of rotatable bonds is 2. The second-order valence-electron chi connectivity index (χ2n) is 4.26. The van der Waals surface area contributed by atoms with E-state index in [4.69, 9.17) is 21.1 Å². The summed E-state index contributed by atoms with van der Waals surface area (Å²) >= 11 is 5.82. The molecule has 0 fully saturated rings. The first-order chi connectivity index (χ1) is 7.53. The summed E-state index contributed by atoms with van der Waals surface area (Å²) in [4.78, 5) is 4.50. The standard InChI is InChI=1S/C12H14ClNO2/c1-12(2)11(15-3)16-10(14-12)8-4-6-9(13)7-5-8/h4-7,11H,1-3H3. The van der Waals surface area contributed by atoms with E-state index in [2.05, 4.69) is 4.99 Å². The average molecular weight is 240 g/mol. The molecule has 16 heavy (non-hydrogen) atoms. The van der Waals surface area contributed by atoms with Gasteiger partial charge in [-0.25, -0.2) is 4.99 Å². The van der Waals surface area contributed by atoms with Gasteiger partial charge in [0.15, 0.2) is 0 Å². The Balaban J connectivity index is 2.27. The number of halogens is 1. The van der Waals surface area contributed by atoms with Crippen molar-refractivity contribution in [1.29, 1.82) is 0 Å². The lowest BCUT2D eigenvalue weighted by molar-refractivity contribution is -0.0833. The Bertz CT molecular complexity index is 412. The molecule has 1 aliphatic rings. The molecule has 2 rings (SSSR count). The zero-order chi connectivity index (χ0) is 11.8. The Kier molecular flexibility index (Phi) is 2.91. The fourth-order valence-corrected chi connectivity index (χ4v) is 1.77. The van der Waals surface area contributed by atoms with Gasteiger partial charge in [0, 0.05) is 17.7 Å². The summed E-state index contributed by atoms with van der Waals surface area (Å²) in [6.07, 6.45) is -0.335. The van der Waals surface area contributed by atoms with Gasteiger partial charge in [0.05, 0.1) is 0 Å². The topological polar surface area (TPSA) is 30.8 Å². The SMILES string of the molecule is COC1OC(c2ccc(Cl)cc2)=NC1(C)C. The van der Waals surface area contributed by atoms with Crippen molar-refractivity contribution >= 4 is 17.5 Å². The van der Waals surface area contributed by atoms with E-state index >= 15 is 0 Å². The number of ether oxygens (including phenoxy) is 2. The molecule has 1 heterocycles. The zero-order valence-electron chi connectivity index (χ0n) is 9.53. The van der Waals surface area contributed by atoms with E-state index in [1.165, 1.54) is 0 Å². The largest absolute Gasteiger partial charge is 0.445 e. The summed E-state index contributed by atoms with van der Waals surface area (Å²) in [6.45, 7) is 3.95. The highest BCUT2D eigenvalue weighted by Crippen LogP contribution is 2.28. The first-order valence-electron chi connectivity index (χ1n) is 5.08. The molecule has 3 nitrogen and oxygen atoms in total. The fraction of sp³-hybridized carbons (Fsp3) is 0.417. The molecule has 1 aromatic rings. The van der Waals surface area contributed by atoms with Gasteiger partial charge in [-0.3, -0.25) is 0 Å². The van der Waals surface area contributed by atoms with Crippen LogP contribution in [0.25, 0.3) is 0 Å². The molecule has 4 heteroatoms. The second-order valence-corrected chi connectivity index (χ2v) is 4.70. The summed E-state index contributed by atoms with van der Waals surface area (Å²) in [5, 5.41) is 0.699. The van der Waals surface area contributed by atoms with Crippen molar-refractivity contribution in [2.75, 3.05) is 7.11 Å². The molecule has 86 valence electrons. The Hall–Kier alpha value is -1.06. The van der Waals surface area contributed by atoms with Gasteiger partial charge in [-0.1, -0.05) is 11.6 Å². The van der Waals surface area contributed by atoms with Gasteiger partial charge in [-0.05, 0) is 38.1 Å². The molecule has 0 amide bonds. The van der Waals surface area contributed by atoms with Gasteiger partial charge in [-0.15, -0.1) is 0 Å². The number of benzene rings is 1. The third-order valence-electron chi connectivity index (χ3n) is 2.49. The average Bonchev–Trinajstić information content (AvgIpc) is 2.54. The maximum atomic E-state index is 5.82. The third kappa shape index (κ3) is 2.06. The molecule has 0 bridgehead atoms. The van der Waals surface area contributed by atoms with Crippen LogP contribution in [0.5, 0.6) is 0 Å². The van der Waals surface area contributed by atoms with Crippen LogP contribution in [0, 0.1) is 0 Å². The van der Waals surface area contributed by atoms with Crippen LogP contribution < -0.4 is 0 Å². The summed E-state index contributed by atoms with van der Waals surface area (Å²) in [6, 6.07) is 7.40. The maximum Gasteiger partial charge on any atom is 0.226 e. The minimum atomic E-state index is -0.357. The number of methoxy groups -OCH3 is 1. The molecule has 1 atom stereocenters. The van der Waals surface area contributed by atoms with Gasteiger partial charge >= 0.3 is 0 Å². The van der Waals surface area contributed by atoms with Crippen LogP contribution in [0.1, 0.15) is 19.4 Å². The van der Waals surface area contributed by atoms with E-state index in [0.29, 0.717) is 10.9 Å². The smallest absolute Gasteiger partial charge is 0.226 e. The number of aliphatic imine (C=N–C) groups is 1. The zero-order valence-corrected chi connectivity index (χ0v) is 10.3. The van der Waals surface area contributed by atoms with E-state index in [0.717, 1.165) is 5.56 Å². The van der Waals surface area contributed by atoms with E-state index in [1.54, 1.807) is 7.11 Å². The van der Waals surface area contributed by atoms with Crippen molar-refractivity contribution in [3.8, 4) is 0 Å². The Labute approximate surface area is 100 Å². The summed E-state index contributed by atoms with van der Waals surface area (Å²) in [7, 11) is 1.62. The van der Waals surface area contributed by atoms with Gasteiger partial charge in [0.25, 0.3) is 0 Å². The molecule has 0 spiro atoms. The Morgan fingerprint density at radius 1 is 1.31 bits per heavy atom. The molecular formula is C12H14ClNO2. The first-order valence-corrected chi connectivity index (χ1v) is 5.46. The van der Waals surface area contributed by atoms with Crippen LogP contribution in [-0.2, 0) is 9.47 Å². The molecule has 0 saturated carbocycles. The Morgan fingerprint density at radius 2 is 1.94 bits per heavy atom. The van der Waals surface area contributed by atoms with Crippen molar-refractivity contribution in [3.63, 3.8) is 0 Å². The van der Waals surface area contributed by atoms with Crippen molar-refractivity contribution in [2.45, 2.75) is 25.7 Å². The van der Waals surface area contributed by atoms with Crippen molar-refractivity contribution in [3.05, 3.63) is 34.9 Å². The van der Waals surface area contributed by atoms with Gasteiger partial charge in [-0.2, -0.15) is 0 Å². The van der Waals surface area contributed by atoms with E-state index < -0.39 is 0 Å². The number of nitrogens with zero attached hydrogens (tertiary/aromatic N) is 1. The van der Waals surface area contributed by atoms with Crippen molar-refractivity contribution in [1.82, 2.24) is 0 Å². The molecule has 0 aromatic heterocycles. The van der Waals surface area contributed by atoms with Gasteiger partial charge in [0.2, 0.25) is 12.2 Å². The van der Waals surface area contributed by atoms with E-state index in [-0.39, 0.29) is 11.8 Å². The van der Waals surface area contributed by atoms with Crippen molar-refractivity contribution < 1.29 is 9.47 Å². The number of hydrogen-bond donors (Lipinski definition) is 0. The summed E-state index contributed by atoms with van der Waals surface area (Å²) in [5.41, 5.74) is 0.556. The normalized spacial score (nSPS) is 22.8. The summed E-state index contributed by atoms with van der Waals surface area (Å²) in [5.74, 6) is 0.605. The van der Waals surface area contributed by atoms with Crippen LogP contribution in [0.4, 0.5) is 0 Å². The van der Waals surface area contributed by atoms with Gasteiger partial charge < -0.3 is 9.47 Å². The van der Waals surface area contributed by atoms with Crippen LogP contribution in [0.2, 0.25) is 5.02 Å². The predicted octanol–water partition coefficient (Wildman–Crippen LogP) is 2.87. The third-order valence-corrected chi connectivity index (χ3v) is 2.74. The molecule has 0 saturated heterocycles. The molecule has 0 radical (unpaired) electrons. The lowest BCUT2D eigenvalue weighted by Gasteiger charge is -2.20. The fourth-order valence-electron chi connectivity index (χ4n) is 1.65. The quantitative estimate of drug-likeness (QED) is 0.795. The minimum Gasteiger partial charge on any atom is -0.445 e. The molecule has 1 aliphatic heterocycles. The van der Waals surface area contributed by atoms with Crippen molar-refractivity contribution in [2.24, 2.45) is 4.99 Å². The highest BCUT2D eigenvalue weighted by atomic mass is 35.5. The second kappa shape index (κ2) is 4.07. The predicted molar refractivity (Wildman–Crippen MR) is 64.0 cm³/mol. The minimum absolute atomic E-state index is 0.335. The van der Waals surface area contributed by atoms with Crippen LogP contribution in [0.3, 0.4) is 0 Å². The molecule has 0 N–H and O–H groups in total. The highest BCUT2D eigenvalue weighted by molar-refractivity contribution is 6.30. The monoisotopic (exact) mass is 239 g/mol. The van der Waals surface area contributed by atoms with Gasteiger partial charge in [0.1, 0.15) is 5.54 Å². The van der Waals surface area contributed by atoms with Crippen LogP contribution in [-0.4, -0.2) is 24.8 Å². The lowest BCUT2D eigenvalue weighted by atomic mass is 10.1. The highest BCUT2D eigenvalue weighted by Gasteiger charge is 2.38. The molecular weight excluding hydrogens is 226 g/mol. The van der Waals surface area contributed by atoms with Crippen LogP contribution in [0.15, 0.2) is 29.3 Å². The maximum absolute atomic E-state index is 5.82. The Morgan fingerprint density at radius 3 is 2.44 bits per heavy atom. The molecule has 1 aromatic carbocycles. The summed E-state index contributed by atoms with van der Waals surface area (Å²) < 4.78 is 10.9. The molecule has 1 unspecified atom stereocenters.